The molecule has 0 aliphatic rings. The molecule has 16 heavy (non-hydrogen) atoms. The van der Waals surface area contributed by atoms with E-state index in [0.29, 0.717) is 12.8 Å². The van der Waals surface area contributed by atoms with Crippen molar-refractivity contribution in [2.45, 2.75) is 39.2 Å². The monoisotopic (exact) mass is 220 g/mol. The van der Waals surface area contributed by atoms with Crippen LogP contribution in [0.1, 0.15) is 39.2 Å². The van der Waals surface area contributed by atoms with Gasteiger partial charge < -0.3 is 5.11 Å². The summed E-state index contributed by atoms with van der Waals surface area (Å²) >= 11 is 0. The Balaban J connectivity index is 3.07. The van der Waals surface area contributed by atoms with Gasteiger partial charge in [0.2, 0.25) is 0 Å². The van der Waals surface area contributed by atoms with Gasteiger partial charge in [0.05, 0.1) is 5.60 Å². The molecule has 0 radical (unpaired) electrons. The average molecular weight is 220 g/mol. The number of hydrogen-bond donors (Lipinski definition) is 1. The number of benzene rings is 1. The van der Waals surface area contributed by atoms with E-state index in [0.717, 1.165) is 5.56 Å². The van der Waals surface area contributed by atoms with Gasteiger partial charge in [-0.2, -0.15) is 0 Å². The van der Waals surface area contributed by atoms with E-state index in [2.05, 4.69) is 0 Å². The quantitative estimate of drug-likeness (QED) is 0.828. The first-order valence-electron chi connectivity index (χ1n) is 5.86. The van der Waals surface area contributed by atoms with Crippen molar-refractivity contribution >= 4 is 5.78 Å². The van der Waals surface area contributed by atoms with Crippen LogP contribution in [0, 0.1) is 5.92 Å². The van der Waals surface area contributed by atoms with Gasteiger partial charge in [-0.3, -0.25) is 4.79 Å². The Kier molecular flexibility index (Phi) is 4.25. The van der Waals surface area contributed by atoms with Crippen LogP contribution < -0.4 is 0 Å². The lowest BCUT2D eigenvalue weighted by molar-refractivity contribution is -0.132. The lowest BCUT2D eigenvalue weighted by Gasteiger charge is -2.32. The Bertz CT molecular complexity index is 345. The summed E-state index contributed by atoms with van der Waals surface area (Å²) in [6, 6.07) is 9.44. The summed E-state index contributed by atoms with van der Waals surface area (Å²) in [6.45, 7) is 5.55. The Hall–Kier alpha value is -1.15. The summed E-state index contributed by atoms with van der Waals surface area (Å²) in [5, 5.41) is 10.6. The first-order chi connectivity index (χ1) is 7.56. The molecule has 88 valence electrons. The van der Waals surface area contributed by atoms with Gasteiger partial charge in [0.1, 0.15) is 5.78 Å². The lowest BCUT2D eigenvalue weighted by atomic mass is 9.77. The molecule has 2 atom stereocenters. The van der Waals surface area contributed by atoms with Gasteiger partial charge in [0.15, 0.2) is 0 Å². The molecule has 1 aromatic carbocycles. The highest BCUT2D eigenvalue weighted by molar-refractivity contribution is 5.81. The van der Waals surface area contributed by atoms with Crippen molar-refractivity contribution in [2.75, 3.05) is 0 Å². The highest BCUT2D eigenvalue weighted by Crippen LogP contribution is 2.33. The van der Waals surface area contributed by atoms with Crippen molar-refractivity contribution < 1.29 is 9.90 Å². The lowest BCUT2D eigenvalue weighted by Crippen LogP contribution is -2.37. The molecule has 0 aromatic heterocycles. The predicted octanol–water partition coefficient (Wildman–Crippen LogP) is 2.90. The molecule has 0 aliphatic carbocycles. The van der Waals surface area contributed by atoms with Crippen LogP contribution in [-0.2, 0) is 10.4 Å². The molecule has 2 unspecified atom stereocenters. The number of rotatable bonds is 5. The molecule has 2 nitrogen and oxygen atoms in total. The summed E-state index contributed by atoms with van der Waals surface area (Å²) in [6.07, 6.45) is 1.01. The zero-order chi connectivity index (χ0) is 12.2. The third kappa shape index (κ3) is 2.33. The van der Waals surface area contributed by atoms with Crippen LogP contribution in [0.2, 0.25) is 0 Å². The Morgan fingerprint density at radius 3 is 2.31 bits per heavy atom. The van der Waals surface area contributed by atoms with E-state index in [1.807, 2.05) is 51.1 Å². The second-order valence-electron chi connectivity index (χ2n) is 4.19. The highest BCUT2D eigenvalue weighted by Gasteiger charge is 2.37. The van der Waals surface area contributed by atoms with Gasteiger partial charge in [0.25, 0.3) is 0 Å². The molecule has 1 rings (SSSR count). The van der Waals surface area contributed by atoms with E-state index in [-0.39, 0.29) is 11.7 Å². The van der Waals surface area contributed by atoms with E-state index < -0.39 is 5.60 Å². The molecule has 1 N–H and O–H groups in total. The molecule has 0 bridgehead atoms. The van der Waals surface area contributed by atoms with Crippen LogP contribution in [0.5, 0.6) is 0 Å². The fraction of sp³-hybridized carbons (Fsp3) is 0.500. The summed E-state index contributed by atoms with van der Waals surface area (Å²) in [5.41, 5.74) is -0.208. The average Bonchev–Trinajstić information content (AvgIpc) is 2.37. The maximum Gasteiger partial charge on any atom is 0.138 e. The first-order valence-corrected chi connectivity index (χ1v) is 5.86. The van der Waals surface area contributed by atoms with Gasteiger partial charge in [0, 0.05) is 12.3 Å². The summed E-state index contributed by atoms with van der Waals surface area (Å²) < 4.78 is 0. The highest BCUT2D eigenvalue weighted by atomic mass is 16.3. The van der Waals surface area contributed by atoms with Gasteiger partial charge in [-0.15, -0.1) is 0 Å². The fourth-order valence-electron chi connectivity index (χ4n) is 2.06. The third-order valence-electron chi connectivity index (χ3n) is 3.36. The molecule has 0 saturated heterocycles. The number of aliphatic hydroxyl groups is 1. The first kappa shape index (κ1) is 12.9. The summed E-state index contributed by atoms with van der Waals surface area (Å²) in [4.78, 5) is 11.7. The number of hydrogen-bond acceptors (Lipinski definition) is 2. The molecule has 0 spiro atoms. The molecule has 0 fully saturated rings. The van der Waals surface area contributed by atoms with Crippen molar-refractivity contribution in [1.29, 1.82) is 0 Å². The maximum absolute atomic E-state index is 11.7. The SMILES string of the molecule is CCC(=O)C(C)C(O)(CC)c1ccccc1. The normalized spacial score (nSPS) is 16.5. The molecule has 0 amide bonds. The second-order valence-corrected chi connectivity index (χ2v) is 4.19. The minimum Gasteiger partial charge on any atom is -0.384 e. The van der Waals surface area contributed by atoms with Crippen LogP contribution in [0.3, 0.4) is 0 Å². The Morgan fingerprint density at radius 2 is 1.88 bits per heavy atom. The zero-order valence-electron chi connectivity index (χ0n) is 10.2. The Morgan fingerprint density at radius 1 is 1.31 bits per heavy atom. The smallest absolute Gasteiger partial charge is 0.138 e. The third-order valence-corrected chi connectivity index (χ3v) is 3.36. The van der Waals surface area contributed by atoms with Crippen LogP contribution in [0.15, 0.2) is 30.3 Å². The van der Waals surface area contributed by atoms with Crippen LogP contribution in [0.4, 0.5) is 0 Å². The van der Waals surface area contributed by atoms with E-state index >= 15 is 0 Å². The largest absolute Gasteiger partial charge is 0.384 e. The van der Waals surface area contributed by atoms with Crippen LogP contribution >= 0.6 is 0 Å². The number of Topliss-reactive ketones (excluding diaryl/α,β-unsaturated/α-hetero) is 1. The summed E-state index contributed by atoms with van der Waals surface area (Å²) in [7, 11) is 0. The zero-order valence-corrected chi connectivity index (χ0v) is 10.2. The van der Waals surface area contributed by atoms with E-state index in [1.165, 1.54) is 0 Å². The summed E-state index contributed by atoms with van der Waals surface area (Å²) in [5.74, 6) is -0.252. The molecule has 0 saturated carbocycles. The van der Waals surface area contributed by atoms with Crippen molar-refractivity contribution in [3.8, 4) is 0 Å². The maximum atomic E-state index is 11.7. The van der Waals surface area contributed by atoms with Crippen LogP contribution in [-0.4, -0.2) is 10.9 Å². The number of carbonyl (C=O) groups excluding carboxylic acids is 1. The van der Waals surface area contributed by atoms with Gasteiger partial charge in [-0.1, -0.05) is 51.1 Å². The van der Waals surface area contributed by atoms with Crippen LogP contribution in [0.25, 0.3) is 0 Å². The van der Waals surface area contributed by atoms with Crippen molar-refractivity contribution in [2.24, 2.45) is 5.92 Å². The van der Waals surface area contributed by atoms with Gasteiger partial charge >= 0.3 is 0 Å². The number of carbonyl (C=O) groups is 1. The molecule has 1 aromatic rings. The van der Waals surface area contributed by atoms with E-state index in [9.17, 15) is 9.90 Å². The van der Waals surface area contributed by atoms with Gasteiger partial charge in [-0.05, 0) is 12.0 Å². The van der Waals surface area contributed by atoms with E-state index in [1.54, 1.807) is 0 Å². The standard InChI is InChI=1S/C14H20O2/c1-4-13(15)11(3)14(16,5-2)12-9-7-6-8-10-12/h6-11,16H,4-5H2,1-3H3. The Labute approximate surface area is 97.3 Å². The minimum atomic E-state index is -1.03. The van der Waals surface area contributed by atoms with Crippen molar-refractivity contribution in [3.63, 3.8) is 0 Å². The molecule has 2 heteroatoms. The van der Waals surface area contributed by atoms with E-state index in [4.69, 9.17) is 0 Å². The number of ketones is 1. The van der Waals surface area contributed by atoms with Crippen molar-refractivity contribution in [1.82, 2.24) is 0 Å². The topological polar surface area (TPSA) is 37.3 Å². The predicted molar refractivity (Wildman–Crippen MR) is 65.1 cm³/mol. The minimum absolute atomic E-state index is 0.105. The molecule has 0 heterocycles. The molecule has 0 aliphatic heterocycles. The fourth-order valence-corrected chi connectivity index (χ4v) is 2.06. The van der Waals surface area contributed by atoms with Gasteiger partial charge in [-0.25, -0.2) is 0 Å². The molecular formula is C14H20O2. The van der Waals surface area contributed by atoms with Crippen molar-refractivity contribution in [3.05, 3.63) is 35.9 Å². The second kappa shape index (κ2) is 5.26. The molecular weight excluding hydrogens is 200 g/mol.